The van der Waals surface area contributed by atoms with Gasteiger partial charge in [0.05, 0.1) is 0 Å². The molecule has 144 valence electrons. The van der Waals surface area contributed by atoms with Gasteiger partial charge in [0.2, 0.25) is 5.91 Å². The van der Waals surface area contributed by atoms with E-state index in [1.807, 2.05) is 47.4 Å². The maximum Gasteiger partial charge on any atom is 0.223 e. The highest BCUT2D eigenvalue weighted by Crippen LogP contribution is 2.27. The molecule has 27 heavy (non-hydrogen) atoms. The number of fused-ring (bicyclic) bond motifs is 1. The molecular weight excluding hydrogens is 385 g/mol. The zero-order chi connectivity index (χ0) is 17.2. The molecule has 1 saturated heterocycles. The van der Waals surface area contributed by atoms with Gasteiger partial charge in [-0.15, -0.1) is 24.8 Å². The topological polar surface area (TPSA) is 72.4 Å². The lowest BCUT2D eigenvalue weighted by atomic mass is 9.95. The predicted octanol–water partition coefficient (Wildman–Crippen LogP) is 3.56. The first kappa shape index (κ1) is 21.2. The Hall–Kier alpha value is -2.08. The number of nitrogens with zero attached hydrogens (tertiary/aromatic N) is 2. The van der Waals surface area contributed by atoms with Crippen LogP contribution in [0.25, 0.3) is 11.1 Å². The number of aromatic nitrogens is 1. The Bertz CT molecular complexity index is 852. The molecule has 1 fully saturated rings. The number of rotatable bonds is 4. The summed E-state index contributed by atoms with van der Waals surface area (Å²) in [5, 5.41) is 0. The Morgan fingerprint density at radius 1 is 1.07 bits per heavy atom. The van der Waals surface area contributed by atoms with Crippen molar-refractivity contribution >= 4 is 41.8 Å². The Labute approximate surface area is 170 Å². The average molecular weight is 408 g/mol. The summed E-state index contributed by atoms with van der Waals surface area (Å²) in [5.74, 6) is 0.920. The third kappa shape index (κ3) is 4.61. The molecule has 2 aromatic carbocycles. The maximum absolute atomic E-state index is 12.6. The molecule has 1 aliphatic heterocycles. The second kappa shape index (κ2) is 9.22. The average Bonchev–Trinajstić information content (AvgIpc) is 3.23. The number of oxazole rings is 1. The summed E-state index contributed by atoms with van der Waals surface area (Å²) in [6.45, 7) is 1.28. The summed E-state index contributed by atoms with van der Waals surface area (Å²) in [7, 11) is 0. The molecular formula is C20H23Cl2N3O2. The molecule has 2 atom stereocenters. The van der Waals surface area contributed by atoms with E-state index in [1.165, 1.54) is 5.56 Å². The van der Waals surface area contributed by atoms with Gasteiger partial charge in [0.25, 0.3) is 0 Å². The molecule has 2 heterocycles. The largest absolute Gasteiger partial charge is 0.441 e. The standard InChI is InChI=1S/C20H21N3O2.2ClH/c21-16-13-23(12-15(16)14-6-2-1-3-7-14)20(24)11-10-19-22-17-8-4-5-9-18(17)25-19;;/h1-9,15-16H,10-13,21H2;2*1H/t15-,16+;;/m0../s1. The van der Waals surface area contributed by atoms with Crippen LogP contribution in [0.3, 0.4) is 0 Å². The summed E-state index contributed by atoms with van der Waals surface area (Å²) >= 11 is 0. The van der Waals surface area contributed by atoms with Crippen molar-refractivity contribution < 1.29 is 9.21 Å². The lowest BCUT2D eigenvalue weighted by Gasteiger charge is -2.16. The minimum absolute atomic E-state index is 0. The van der Waals surface area contributed by atoms with Crippen molar-refractivity contribution in [1.82, 2.24) is 9.88 Å². The van der Waals surface area contributed by atoms with Crippen LogP contribution in [-0.4, -0.2) is 34.9 Å². The molecule has 1 aliphatic rings. The van der Waals surface area contributed by atoms with Crippen LogP contribution < -0.4 is 5.73 Å². The van der Waals surface area contributed by atoms with Gasteiger partial charge in [-0.3, -0.25) is 4.79 Å². The summed E-state index contributed by atoms with van der Waals surface area (Å²) in [5.41, 5.74) is 9.06. The van der Waals surface area contributed by atoms with Crippen LogP contribution in [0.4, 0.5) is 0 Å². The zero-order valence-corrected chi connectivity index (χ0v) is 16.4. The summed E-state index contributed by atoms with van der Waals surface area (Å²) in [4.78, 5) is 18.8. The van der Waals surface area contributed by atoms with Crippen LogP contribution in [-0.2, 0) is 11.2 Å². The van der Waals surface area contributed by atoms with Crippen LogP contribution in [0.15, 0.2) is 59.0 Å². The lowest BCUT2D eigenvalue weighted by molar-refractivity contribution is -0.130. The van der Waals surface area contributed by atoms with Crippen molar-refractivity contribution in [3.63, 3.8) is 0 Å². The van der Waals surface area contributed by atoms with E-state index in [9.17, 15) is 4.79 Å². The van der Waals surface area contributed by atoms with Crippen molar-refractivity contribution in [3.8, 4) is 0 Å². The molecule has 0 radical (unpaired) electrons. The second-order valence-electron chi connectivity index (χ2n) is 6.56. The van der Waals surface area contributed by atoms with E-state index in [4.69, 9.17) is 10.2 Å². The molecule has 0 aliphatic carbocycles. The first-order valence-electron chi connectivity index (χ1n) is 8.63. The van der Waals surface area contributed by atoms with E-state index < -0.39 is 0 Å². The molecule has 0 spiro atoms. The number of amides is 1. The number of para-hydroxylation sites is 2. The monoisotopic (exact) mass is 407 g/mol. The van der Waals surface area contributed by atoms with Crippen LogP contribution in [0.2, 0.25) is 0 Å². The number of nitrogens with two attached hydrogens (primary N) is 1. The van der Waals surface area contributed by atoms with Gasteiger partial charge in [-0.25, -0.2) is 4.98 Å². The smallest absolute Gasteiger partial charge is 0.223 e. The number of benzene rings is 2. The number of halogens is 2. The van der Waals surface area contributed by atoms with Crippen molar-refractivity contribution in [3.05, 3.63) is 66.1 Å². The van der Waals surface area contributed by atoms with Gasteiger partial charge >= 0.3 is 0 Å². The lowest BCUT2D eigenvalue weighted by Crippen LogP contribution is -2.32. The van der Waals surface area contributed by atoms with E-state index in [0.717, 1.165) is 11.1 Å². The Kier molecular flexibility index (Phi) is 7.25. The van der Waals surface area contributed by atoms with Gasteiger partial charge in [0, 0.05) is 37.9 Å². The first-order chi connectivity index (χ1) is 12.2. The quantitative estimate of drug-likeness (QED) is 0.717. The Morgan fingerprint density at radius 3 is 2.52 bits per heavy atom. The molecule has 0 bridgehead atoms. The van der Waals surface area contributed by atoms with Gasteiger partial charge in [-0.2, -0.15) is 0 Å². The fraction of sp³-hybridized carbons (Fsp3) is 0.300. The molecule has 0 saturated carbocycles. The van der Waals surface area contributed by atoms with Crippen LogP contribution >= 0.6 is 24.8 Å². The Morgan fingerprint density at radius 2 is 1.78 bits per heavy atom. The van der Waals surface area contributed by atoms with Gasteiger partial charge in [-0.05, 0) is 17.7 Å². The normalized spacial score (nSPS) is 18.8. The fourth-order valence-electron chi connectivity index (χ4n) is 3.48. The van der Waals surface area contributed by atoms with Gasteiger partial charge in [0.1, 0.15) is 5.52 Å². The molecule has 1 amide bonds. The molecule has 4 rings (SSSR count). The number of aryl methyl sites for hydroxylation is 1. The summed E-state index contributed by atoms with van der Waals surface area (Å²) in [6, 6.07) is 17.8. The minimum atomic E-state index is -0.0179. The molecule has 7 heteroatoms. The van der Waals surface area contributed by atoms with Crippen molar-refractivity contribution in [2.45, 2.75) is 24.8 Å². The predicted molar refractivity (Wildman–Crippen MR) is 111 cm³/mol. The minimum Gasteiger partial charge on any atom is -0.441 e. The Balaban J connectivity index is 0.00000131. The highest BCUT2D eigenvalue weighted by atomic mass is 35.5. The third-order valence-electron chi connectivity index (χ3n) is 4.84. The van der Waals surface area contributed by atoms with Crippen LogP contribution in [0, 0.1) is 0 Å². The number of carbonyl (C=O) groups is 1. The van der Waals surface area contributed by atoms with Gasteiger partial charge < -0.3 is 15.1 Å². The third-order valence-corrected chi connectivity index (χ3v) is 4.84. The number of hydrogen-bond acceptors (Lipinski definition) is 4. The van der Waals surface area contributed by atoms with Crippen LogP contribution in [0.5, 0.6) is 0 Å². The highest BCUT2D eigenvalue weighted by molar-refractivity contribution is 5.85. The van der Waals surface area contributed by atoms with E-state index in [1.54, 1.807) is 0 Å². The summed E-state index contributed by atoms with van der Waals surface area (Å²) in [6.07, 6.45) is 0.899. The fourth-order valence-corrected chi connectivity index (χ4v) is 3.48. The second-order valence-corrected chi connectivity index (χ2v) is 6.56. The molecule has 2 N–H and O–H groups in total. The molecule has 3 aromatic rings. The number of likely N-dealkylation sites (tertiary alicyclic amines) is 1. The van der Waals surface area contributed by atoms with E-state index >= 15 is 0 Å². The van der Waals surface area contributed by atoms with E-state index in [2.05, 4.69) is 17.1 Å². The molecule has 5 nitrogen and oxygen atoms in total. The van der Waals surface area contributed by atoms with E-state index in [-0.39, 0.29) is 42.7 Å². The molecule has 1 aromatic heterocycles. The van der Waals surface area contributed by atoms with Gasteiger partial charge in [0.15, 0.2) is 11.5 Å². The first-order valence-corrected chi connectivity index (χ1v) is 8.63. The van der Waals surface area contributed by atoms with E-state index in [0.29, 0.717) is 31.8 Å². The summed E-state index contributed by atoms with van der Waals surface area (Å²) < 4.78 is 5.69. The van der Waals surface area contributed by atoms with Crippen molar-refractivity contribution in [1.29, 1.82) is 0 Å². The highest BCUT2D eigenvalue weighted by Gasteiger charge is 2.33. The zero-order valence-electron chi connectivity index (χ0n) is 14.8. The van der Waals surface area contributed by atoms with Crippen molar-refractivity contribution in [2.24, 2.45) is 5.73 Å². The van der Waals surface area contributed by atoms with Crippen LogP contribution in [0.1, 0.15) is 23.8 Å². The van der Waals surface area contributed by atoms with Crippen molar-refractivity contribution in [2.75, 3.05) is 13.1 Å². The molecule has 0 unspecified atom stereocenters. The number of carbonyl (C=O) groups excluding carboxylic acids is 1. The van der Waals surface area contributed by atoms with Gasteiger partial charge in [-0.1, -0.05) is 42.5 Å². The number of hydrogen-bond donors (Lipinski definition) is 1. The SMILES string of the molecule is Cl.Cl.N[C@@H]1CN(C(=O)CCc2nc3ccccc3o2)C[C@H]1c1ccccc1. The maximum atomic E-state index is 12.6.